The van der Waals surface area contributed by atoms with Gasteiger partial charge in [0.1, 0.15) is 17.2 Å². The second-order valence-corrected chi connectivity index (χ2v) is 19.7. The summed E-state index contributed by atoms with van der Waals surface area (Å²) in [4.78, 5) is 41.1. The predicted molar refractivity (Wildman–Crippen MR) is 257 cm³/mol. The number of hydrogen-bond donors (Lipinski definition) is 4. The number of ether oxygens (including phenoxy) is 2. The molecule has 2 aliphatic carbocycles. The first-order valence-electron chi connectivity index (χ1n) is 23.9. The van der Waals surface area contributed by atoms with Crippen molar-refractivity contribution in [1.29, 1.82) is 0 Å². The molecule has 4 atom stereocenters. The van der Waals surface area contributed by atoms with Gasteiger partial charge in [-0.2, -0.15) is 0 Å². The molecule has 0 spiro atoms. The Hall–Kier alpha value is -6.17. The molecule has 2 aliphatic heterocycles. The number of nitrogens with one attached hydrogen (secondary N) is 2. The molecule has 0 radical (unpaired) electrons. The highest BCUT2D eigenvalue weighted by atomic mass is 16.5. The SMILES string of the molecule is COc1cc(C)c2[nH]ccc2c1CN1CCC(C2CC2)C[C@H]1c1ccc(C(=O)O)c2cc(Cc3cc(OC)c(CN4CCC(C5CC5)C[C@H]4c4ccc(C(=O)O)nc4)c4cc[nH]c34)ccc12. The van der Waals surface area contributed by atoms with E-state index in [0.29, 0.717) is 30.4 Å². The van der Waals surface area contributed by atoms with Gasteiger partial charge >= 0.3 is 11.9 Å². The van der Waals surface area contributed by atoms with E-state index in [1.165, 1.54) is 42.2 Å². The number of likely N-dealkylation sites (tertiary alicyclic amines) is 2. The number of carboxylic acid groups (broad SMARTS) is 2. The standard InChI is InChI=1S/C55H59N5O6/c1-31-22-50(65-2)45(41-14-18-56-52(31)41)30-60-21-17-36(34-7-8-34)26-49(60)40-11-12-43(54(61)62)44-24-32(4-10-39(40)44)23-38-27-51(66-3)46(42-15-19-57-53(38)42)29-59-20-16-35(33-5-6-33)25-48(59)37-9-13-47(55(63)64)58-28-37/h4,9-15,18-19,22,24,27-28,33-36,48-49,56-57H,5-8,16-17,20-21,23,25-26,29-30H2,1-3H3,(H,61,62)(H,63,64)/t35?,36?,48-,49-/m0/s1. The van der Waals surface area contributed by atoms with Gasteiger partial charge in [0.2, 0.25) is 0 Å². The van der Waals surface area contributed by atoms with E-state index in [2.05, 4.69) is 80.2 Å². The van der Waals surface area contributed by atoms with Gasteiger partial charge in [-0.15, -0.1) is 0 Å². The molecule has 0 bridgehead atoms. The minimum atomic E-state index is -1.02. The number of aryl methyl sites for hydroxylation is 1. The van der Waals surface area contributed by atoms with Crippen LogP contribution in [0.5, 0.6) is 11.5 Å². The van der Waals surface area contributed by atoms with Crippen LogP contribution in [0.3, 0.4) is 0 Å². The average Bonchev–Trinajstić information content (AvgIpc) is 4.26. The number of carboxylic acids is 2. The highest BCUT2D eigenvalue weighted by Crippen LogP contribution is 2.50. The number of carbonyl (C=O) groups is 2. The molecular weight excluding hydrogens is 827 g/mol. The van der Waals surface area contributed by atoms with E-state index in [0.717, 1.165) is 124 Å². The van der Waals surface area contributed by atoms with Crippen LogP contribution < -0.4 is 9.47 Å². The fourth-order valence-electron chi connectivity index (χ4n) is 12.1. The summed E-state index contributed by atoms with van der Waals surface area (Å²) in [7, 11) is 3.50. The molecule has 2 saturated carbocycles. The quantitative estimate of drug-likeness (QED) is 0.0839. The van der Waals surface area contributed by atoms with Crippen molar-refractivity contribution in [3.05, 3.63) is 136 Å². The maximum absolute atomic E-state index is 13.0. The Bertz CT molecular complexity index is 2980. The number of aromatic nitrogens is 3. The van der Waals surface area contributed by atoms with E-state index in [1.54, 1.807) is 26.5 Å². The number of H-pyrrole nitrogens is 2. The molecule has 3 aromatic heterocycles. The third-order valence-corrected chi connectivity index (χ3v) is 15.8. The summed E-state index contributed by atoms with van der Waals surface area (Å²) in [6, 6.07) is 22.8. The Morgan fingerprint density at radius 2 is 1.30 bits per heavy atom. The Kier molecular flexibility index (Phi) is 11.1. The van der Waals surface area contributed by atoms with E-state index in [4.69, 9.17) is 9.47 Å². The van der Waals surface area contributed by atoms with Gasteiger partial charge in [0.05, 0.1) is 19.8 Å². The van der Waals surface area contributed by atoms with Crippen LogP contribution in [0.15, 0.2) is 85.3 Å². The zero-order valence-corrected chi connectivity index (χ0v) is 38.1. The second kappa shape index (κ2) is 17.2. The van der Waals surface area contributed by atoms with Crippen LogP contribution >= 0.6 is 0 Å². The summed E-state index contributed by atoms with van der Waals surface area (Å²) in [5.74, 6) is 2.64. The first-order chi connectivity index (χ1) is 32.1. The van der Waals surface area contributed by atoms with E-state index >= 15 is 0 Å². The predicted octanol–water partition coefficient (Wildman–Crippen LogP) is 11.2. The molecule has 340 valence electrons. The largest absolute Gasteiger partial charge is 0.496 e. The number of hydrogen-bond acceptors (Lipinski definition) is 7. The molecule has 4 N–H and O–H groups in total. The van der Waals surface area contributed by atoms with E-state index in [1.807, 2.05) is 24.5 Å². The third kappa shape index (κ3) is 7.89. The van der Waals surface area contributed by atoms with Crippen LogP contribution in [-0.2, 0) is 19.5 Å². The summed E-state index contributed by atoms with van der Waals surface area (Å²) in [5, 5.41) is 24.2. The second-order valence-electron chi connectivity index (χ2n) is 19.7. The van der Waals surface area contributed by atoms with Crippen LogP contribution in [0.4, 0.5) is 0 Å². The Labute approximate surface area is 385 Å². The topological polar surface area (TPSA) is 144 Å². The molecule has 2 saturated heterocycles. The molecule has 11 nitrogen and oxygen atoms in total. The zero-order chi connectivity index (χ0) is 45.2. The summed E-state index contributed by atoms with van der Waals surface area (Å²) in [6.07, 6.45) is 15.9. The number of piperidine rings is 2. The molecule has 4 aliphatic rings. The molecule has 4 fully saturated rings. The molecular formula is C55H59N5O6. The Balaban J connectivity index is 0.923. The van der Waals surface area contributed by atoms with Gasteiger partial charge in [0, 0.05) is 76.7 Å². The molecule has 2 unspecified atom stereocenters. The number of pyridine rings is 1. The van der Waals surface area contributed by atoms with Crippen molar-refractivity contribution < 1.29 is 29.3 Å². The summed E-state index contributed by atoms with van der Waals surface area (Å²) in [5.41, 5.74) is 10.4. The lowest BCUT2D eigenvalue weighted by atomic mass is 9.81. The maximum Gasteiger partial charge on any atom is 0.354 e. The van der Waals surface area contributed by atoms with Gasteiger partial charge in [-0.05, 0) is 183 Å². The Morgan fingerprint density at radius 3 is 1.92 bits per heavy atom. The van der Waals surface area contributed by atoms with E-state index in [9.17, 15) is 19.8 Å². The number of nitrogens with zero attached hydrogens (tertiary/aromatic N) is 3. The van der Waals surface area contributed by atoms with Crippen LogP contribution in [-0.4, -0.2) is 74.2 Å². The third-order valence-electron chi connectivity index (χ3n) is 15.8. The van der Waals surface area contributed by atoms with Gasteiger partial charge in [0.25, 0.3) is 0 Å². The zero-order valence-electron chi connectivity index (χ0n) is 38.1. The molecule has 7 aromatic rings. The Morgan fingerprint density at radius 1 is 0.667 bits per heavy atom. The number of aromatic carboxylic acids is 2. The fourth-order valence-corrected chi connectivity index (χ4v) is 12.1. The minimum Gasteiger partial charge on any atom is -0.496 e. The maximum atomic E-state index is 13.0. The highest BCUT2D eigenvalue weighted by Gasteiger charge is 2.40. The first kappa shape index (κ1) is 42.5. The lowest BCUT2D eigenvalue weighted by Gasteiger charge is -2.41. The van der Waals surface area contributed by atoms with Gasteiger partial charge in [-0.25, -0.2) is 14.6 Å². The summed E-state index contributed by atoms with van der Waals surface area (Å²) in [6.45, 7) is 5.43. The van der Waals surface area contributed by atoms with Crippen molar-refractivity contribution in [3.63, 3.8) is 0 Å². The van der Waals surface area contributed by atoms with Crippen LogP contribution in [0, 0.1) is 30.6 Å². The van der Waals surface area contributed by atoms with Crippen molar-refractivity contribution in [2.24, 2.45) is 23.7 Å². The lowest BCUT2D eigenvalue weighted by Crippen LogP contribution is -2.37. The van der Waals surface area contributed by atoms with Crippen molar-refractivity contribution in [2.45, 2.75) is 89.9 Å². The number of methoxy groups -OCH3 is 2. The highest BCUT2D eigenvalue weighted by molar-refractivity contribution is 6.05. The van der Waals surface area contributed by atoms with Gasteiger partial charge in [-0.1, -0.05) is 24.3 Å². The van der Waals surface area contributed by atoms with Crippen molar-refractivity contribution >= 4 is 44.5 Å². The number of aromatic amines is 2. The molecule has 11 heteroatoms. The minimum absolute atomic E-state index is 0.0591. The van der Waals surface area contributed by atoms with Crippen LogP contribution in [0.25, 0.3) is 32.6 Å². The van der Waals surface area contributed by atoms with Crippen molar-refractivity contribution in [1.82, 2.24) is 24.8 Å². The summed E-state index contributed by atoms with van der Waals surface area (Å²) >= 11 is 0. The molecule has 66 heavy (non-hydrogen) atoms. The molecule has 5 heterocycles. The monoisotopic (exact) mass is 885 g/mol. The number of fused-ring (bicyclic) bond motifs is 3. The van der Waals surface area contributed by atoms with Gasteiger partial charge < -0.3 is 29.7 Å². The van der Waals surface area contributed by atoms with Crippen molar-refractivity contribution in [3.8, 4) is 11.5 Å². The first-order valence-corrected chi connectivity index (χ1v) is 23.9. The molecule has 4 aromatic carbocycles. The number of rotatable bonds is 14. The van der Waals surface area contributed by atoms with Crippen molar-refractivity contribution in [2.75, 3.05) is 27.3 Å². The average molecular weight is 886 g/mol. The molecule has 0 amide bonds. The van der Waals surface area contributed by atoms with Crippen LogP contribution in [0.2, 0.25) is 0 Å². The molecule has 11 rings (SSSR count). The van der Waals surface area contributed by atoms with Crippen LogP contribution in [0.1, 0.15) is 123 Å². The lowest BCUT2D eigenvalue weighted by molar-refractivity contribution is 0.0682. The fraction of sp³-hybridized carbons (Fsp3) is 0.400. The van der Waals surface area contributed by atoms with Gasteiger partial charge in [0.15, 0.2) is 0 Å². The van der Waals surface area contributed by atoms with Gasteiger partial charge in [-0.3, -0.25) is 9.80 Å². The van der Waals surface area contributed by atoms with E-state index < -0.39 is 11.9 Å². The number of benzene rings is 4. The summed E-state index contributed by atoms with van der Waals surface area (Å²) < 4.78 is 12.2. The smallest absolute Gasteiger partial charge is 0.354 e. The normalized spacial score (nSPS) is 21.7. The van der Waals surface area contributed by atoms with E-state index in [-0.39, 0.29) is 17.8 Å².